The van der Waals surface area contributed by atoms with E-state index in [-0.39, 0.29) is 5.91 Å². The fraction of sp³-hybridized carbons (Fsp3) is 0.438. The van der Waals surface area contributed by atoms with Crippen molar-refractivity contribution in [2.45, 2.75) is 46.1 Å². The number of carbonyl (C=O) groups excluding carboxylic acids is 1. The van der Waals surface area contributed by atoms with E-state index in [1.165, 1.54) is 31.5 Å². The van der Waals surface area contributed by atoms with Gasteiger partial charge in [-0.1, -0.05) is 51.1 Å². The van der Waals surface area contributed by atoms with E-state index in [1.807, 2.05) is 63.5 Å². The minimum atomic E-state index is 0.0469. The number of rotatable bonds is 5. The Morgan fingerprint density at radius 1 is 1.15 bits per heavy atom. The number of likely N-dealkylation sites (tertiary alicyclic amines) is 1. The first-order valence-corrected chi connectivity index (χ1v) is 14.0. The summed E-state index contributed by atoms with van der Waals surface area (Å²) in [5.74, 6) is 0.0469. The lowest BCUT2D eigenvalue weighted by molar-refractivity contribution is 0.0827. The number of carbonyl (C=O) groups is 1. The number of amides is 1. The van der Waals surface area contributed by atoms with Crippen LogP contribution in [0, 0.1) is 0 Å². The molecule has 3 heterocycles. The number of hydrogen-bond donors (Lipinski definition) is 2. The normalized spacial score (nSPS) is 20.3. The van der Waals surface area contributed by atoms with Crippen LogP contribution in [0.5, 0.6) is 0 Å². The fourth-order valence-electron chi connectivity index (χ4n) is 4.45. The summed E-state index contributed by atoms with van der Waals surface area (Å²) < 4.78 is 0. The smallest absolute Gasteiger partial charge is 0.253 e. The standard InChI is InChI=1S/C21H31N5.C9H11NO.C2H6/c1-16-13-19(15-26-12-6-5-7-17(26)2)25(4)24-11-10-20(16)21-9-8-18(22-3)14-23-21;1-10(2)9(11)8-6-4-3-5-7-8;1-2/h8-10,13-14,17,22,24H,1,5-7,11-12,15H2,2-4H3;3-7H,1-2H3;1-2H3/b19-13-,20-10+;;. The first-order chi connectivity index (χ1) is 18.8. The summed E-state index contributed by atoms with van der Waals surface area (Å²) in [5.41, 5.74) is 9.53. The molecule has 39 heavy (non-hydrogen) atoms. The van der Waals surface area contributed by atoms with Gasteiger partial charge >= 0.3 is 0 Å². The molecule has 1 saturated heterocycles. The Balaban J connectivity index is 0.000000343. The van der Waals surface area contributed by atoms with Gasteiger partial charge in [-0.05, 0) is 62.2 Å². The van der Waals surface area contributed by atoms with E-state index in [1.54, 1.807) is 19.0 Å². The number of hydrogen-bond acceptors (Lipinski definition) is 6. The van der Waals surface area contributed by atoms with Gasteiger partial charge in [-0.25, -0.2) is 5.43 Å². The second kappa shape index (κ2) is 16.5. The summed E-state index contributed by atoms with van der Waals surface area (Å²) in [6.07, 6.45) is 10.2. The van der Waals surface area contributed by atoms with Crippen LogP contribution in [-0.4, -0.2) is 79.6 Å². The Labute approximate surface area is 236 Å². The third-order valence-electron chi connectivity index (χ3n) is 6.81. The summed E-state index contributed by atoms with van der Waals surface area (Å²) >= 11 is 0. The molecule has 2 aliphatic rings. The van der Waals surface area contributed by atoms with E-state index in [2.05, 4.69) is 64.4 Å². The van der Waals surface area contributed by atoms with E-state index in [9.17, 15) is 4.79 Å². The van der Waals surface area contributed by atoms with Crippen LogP contribution < -0.4 is 10.7 Å². The highest BCUT2D eigenvalue weighted by Gasteiger charge is 2.21. The number of allylic oxidation sites excluding steroid dienone is 3. The highest BCUT2D eigenvalue weighted by atomic mass is 16.2. The molecule has 212 valence electrons. The van der Waals surface area contributed by atoms with Crippen LogP contribution in [0.3, 0.4) is 0 Å². The average molecular weight is 533 g/mol. The fourth-order valence-corrected chi connectivity index (χ4v) is 4.45. The molecular weight excluding hydrogens is 484 g/mol. The van der Waals surface area contributed by atoms with Gasteiger partial charge < -0.3 is 15.2 Å². The molecule has 1 atom stereocenters. The molecule has 7 heteroatoms. The zero-order chi connectivity index (χ0) is 28.8. The molecule has 4 rings (SSSR count). The number of nitrogens with one attached hydrogen (secondary N) is 2. The maximum atomic E-state index is 11.3. The molecular formula is C32H48N6O. The number of hydrazine groups is 1. The summed E-state index contributed by atoms with van der Waals surface area (Å²) in [4.78, 5) is 20.0. The highest BCUT2D eigenvalue weighted by molar-refractivity contribution is 5.93. The predicted molar refractivity (Wildman–Crippen MR) is 165 cm³/mol. The topological polar surface area (TPSA) is 63.7 Å². The van der Waals surface area contributed by atoms with Crippen LogP contribution in [0.4, 0.5) is 5.69 Å². The number of aromatic nitrogens is 1. The van der Waals surface area contributed by atoms with Crippen LogP contribution in [0.1, 0.15) is 56.1 Å². The van der Waals surface area contributed by atoms with Gasteiger partial charge in [0.05, 0.1) is 17.6 Å². The van der Waals surface area contributed by atoms with Gasteiger partial charge in [-0.2, -0.15) is 0 Å². The lowest BCUT2D eigenvalue weighted by Crippen LogP contribution is -2.44. The van der Waals surface area contributed by atoms with Gasteiger partial charge in [0.15, 0.2) is 0 Å². The quantitative estimate of drug-likeness (QED) is 0.516. The third-order valence-corrected chi connectivity index (χ3v) is 6.81. The van der Waals surface area contributed by atoms with E-state index < -0.39 is 0 Å². The SMILES string of the molecule is C=C1/C=C(/CN2CCCCC2C)N(C)NC/C=C\1c1ccc(NC)cn1.CC.CN(C)C(=O)c1ccccc1. The molecule has 7 nitrogen and oxygen atoms in total. The van der Waals surface area contributed by atoms with Crippen molar-refractivity contribution in [3.8, 4) is 0 Å². The Morgan fingerprint density at radius 3 is 2.46 bits per heavy atom. The average Bonchev–Trinajstić information content (AvgIpc) is 2.96. The lowest BCUT2D eigenvalue weighted by atomic mass is 10.00. The van der Waals surface area contributed by atoms with Gasteiger partial charge in [0, 0.05) is 64.2 Å². The van der Waals surface area contributed by atoms with Gasteiger partial charge in [-0.15, -0.1) is 0 Å². The van der Waals surface area contributed by atoms with E-state index in [4.69, 9.17) is 0 Å². The minimum Gasteiger partial charge on any atom is -0.387 e. The largest absolute Gasteiger partial charge is 0.387 e. The molecule has 0 spiro atoms. The summed E-state index contributed by atoms with van der Waals surface area (Å²) in [5, 5.41) is 5.25. The Bertz CT molecular complexity index is 1090. The molecule has 1 fully saturated rings. The van der Waals surface area contributed by atoms with Crippen molar-refractivity contribution in [3.63, 3.8) is 0 Å². The Kier molecular flexibility index (Phi) is 13.5. The molecule has 2 aliphatic heterocycles. The van der Waals surface area contributed by atoms with Gasteiger partial charge in [0.25, 0.3) is 5.91 Å². The van der Waals surface area contributed by atoms with Gasteiger partial charge in [0.1, 0.15) is 0 Å². The molecule has 0 aliphatic carbocycles. The second-order valence-corrected chi connectivity index (χ2v) is 9.76. The van der Waals surface area contributed by atoms with Crippen molar-refractivity contribution in [1.82, 2.24) is 25.2 Å². The van der Waals surface area contributed by atoms with Crippen molar-refractivity contribution in [2.24, 2.45) is 0 Å². The minimum absolute atomic E-state index is 0.0469. The summed E-state index contributed by atoms with van der Waals surface area (Å²) in [6, 6.07) is 14.0. The molecule has 0 bridgehead atoms. The molecule has 2 aromatic rings. The molecule has 1 aromatic heterocycles. The zero-order valence-corrected chi connectivity index (χ0v) is 25.0. The van der Waals surface area contributed by atoms with E-state index in [0.717, 1.165) is 41.2 Å². The number of piperidine rings is 1. The van der Waals surface area contributed by atoms with Gasteiger partial charge in [0.2, 0.25) is 0 Å². The molecule has 0 saturated carbocycles. The molecule has 1 unspecified atom stereocenters. The molecule has 0 radical (unpaired) electrons. The summed E-state index contributed by atoms with van der Waals surface area (Å²) in [7, 11) is 7.48. The zero-order valence-electron chi connectivity index (χ0n) is 25.0. The Morgan fingerprint density at radius 2 is 1.87 bits per heavy atom. The number of likely N-dealkylation sites (N-methyl/N-ethyl adjacent to an activating group) is 1. The van der Waals surface area contributed by atoms with Crippen LogP contribution >= 0.6 is 0 Å². The highest BCUT2D eigenvalue weighted by Crippen LogP contribution is 2.26. The number of anilines is 1. The van der Waals surface area contributed by atoms with Crippen molar-refractivity contribution in [2.75, 3.05) is 53.1 Å². The number of benzene rings is 1. The second-order valence-electron chi connectivity index (χ2n) is 9.76. The maximum absolute atomic E-state index is 11.3. The molecule has 1 aromatic carbocycles. The maximum Gasteiger partial charge on any atom is 0.253 e. The van der Waals surface area contributed by atoms with Crippen LogP contribution in [-0.2, 0) is 0 Å². The Hall–Kier alpha value is -3.42. The van der Waals surface area contributed by atoms with E-state index in [0.29, 0.717) is 6.04 Å². The number of pyridine rings is 1. The predicted octanol–water partition coefficient (Wildman–Crippen LogP) is 5.69. The van der Waals surface area contributed by atoms with Gasteiger partial charge in [-0.3, -0.25) is 14.7 Å². The van der Waals surface area contributed by atoms with Crippen molar-refractivity contribution in [1.29, 1.82) is 0 Å². The van der Waals surface area contributed by atoms with E-state index >= 15 is 0 Å². The van der Waals surface area contributed by atoms with Crippen LogP contribution in [0.2, 0.25) is 0 Å². The third kappa shape index (κ3) is 9.68. The van der Waals surface area contributed by atoms with Crippen molar-refractivity contribution >= 4 is 17.2 Å². The van der Waals surface area contributed by atoms with Crippen LogP contribution in [0.25, 0.3) is 5.57 Å². The van der Waals surface area contributed by atoms with Crippen molar-refractivity contribution < 1.29 is 4.79 Å². The lowest BCUT2D eigenvalue weighted by Gasteiger charge is -2.36. The first kappa shape index (κ1) is 31.8. The molecule has 2 N–H and O–H groups in total. The number of nitrogens with zero attached hydrogens (tertiary/aromatic N) is 4. The van der Waals surface area contributed by atoms with Crippen molar-refractivity contribution in [3.05, 3.63) is 89.9 Å². The van der Waals surface area contributed by atoms with Crippen LogP contribution in [0.15, 0.2) is 78.7 Å². The summed E-state index contributed by atoms with van der Waals surface area (Å²) in [6.45, 7) is 13.6. The monoisotopic (exact) mass is 532 g/mol. The first-order valence-electron chi connectivity index (χ1n) is 14.0. The molecule has 1 amide bonds.